The van der Waals surface area contributed by atoms with Gasteiger partial charge in [-0.1, -0.05) is 84.1 Å². The monoisotopic (exact) mass is 475 g/mol. The van der Waals surface area contributed by atoms with Crippen LogP contribution >= 0.6 is 12.2 Å². The molecule has 2 heterocycles. The Balaban J connectivity index is 1.62. The van der Waals surface area contributed by atoms with Crippen LogP contribution < -0.4 is 0 Å². The zero-order valence-electron chi connectivity index (χ0n) is 21.6. The smallest absolute Gasteiger partial charge is 0.200 e. The molecule has 1 aromatic carbocycles. The third-order valence-corrected chi connectivity index (χ3v) is 14.8. The first-order chi connectivity index (χ1) is 15.0. The van der Waals surface area contributed by atoms with Crippen molar-refractivity contribution in [2.45, 2.75) is 116 Å². The van der Waals surface area contributed by atoms with Gasteiger partial charge in [-0.15, -0.1) is 0 Å². The van der Waals surface area contributed by atoms with Gasteiger partial charge in [0.15, 0.2) is 8.32 Å². The van der Waals surface area contributed by atoms with E-state index in [0.29, 0.717) is 22.5 Å². The summed E-state index contributed by atoms with van der Waals surface area (Å²) in [6, 6.07) is 10.9. The van der Waals surface area contributed by atoms with Crippen LogP contribution in [-0.2, 0) is 9.16 Å². The lowest BCUT2D eigenvalue weighted by Gasteiger charge is -2.45. The Morgan fingerprint density at radius 3 is 2.25 bits per heavy atom. The molecular weight excluding hydrogens is 430 g/mol. The molecule has 0 aromatic heterocycles. The molecular formula is C27H45NO2SSi. The Morgan fingerprint density at radius 2 is 1.69 bits per heavy atom. The minimum Gasteiger partial charge on any atom is -0.416 e. The van der Waals surface area contributed by atoms with Gasteiger partial charge in [0.1, 0.15) is 11.8 Å². The van der Waals surface area contributed by atoms with Crippen LogP contribution in [0.25, 0.3) is 0 Å². The molecule has 1 aromatic rings. The number of hydrogen-bond donors (Lipinski definition) is 0. The second-order valence-corrected chi connectivity index (χ2v) is 17.0. The van der Waals surface area contributed by atoms with Crippen LogP contribution in [-0.4, -0.2) is 36.6 Å². The van der Waals surface area contributed by atoms with E-state index < -0.39 is 8.32 Å². The fourth-order valence-electron chi connectivity index (χ4n) is 6.71. The van der Waals surface area contributed by atoms with Gasteiger partial charge in [0.25, 0.3) is 0 Å². The summed E-state index contributed by atoms with van der Waals surface area (Å²) < 4.78 is 13.4. The summed E-state index contributed by atoms with van der Waals surface area (Å²) in [6.45, 7) is 19.5. The van der Waals surface area contributed by atoms with Gasteiger partial charge in [0.2, 0.25) is 0 Å². The summed E-state index contributed by atoms with van der Waals surface area (Å²) in [5, 5.41) is 0. The van der Waals surface area contributed by atoms with Crippen molar-refractivity contribution in [1.29, 1.82) is 0 Å². The lowest BCUT2D eigenvalue weighted by Crippen LogP contribution is -2.54. The summed E-state index contributed by atoms with van der Waals surface area (Å²) in [5.41, 5.74) is 2.88. The van der Waals surface area contributed by atoms with Crippen molar-refractivity contribution in [3.8, 4) is 0 Å². The maximum Gasteiger partial charge on any atom is 0.200 e. The number of ether oxygens (including phenoxy) is 1. The highest BCUT2D eigenvalue weighted by atomic mass is 32.1. The quantitative estimate of drug-likeness (QED) is 0.206. The first-order valence-corrected chi connectivity index (χ1v) is 15.3. The number of thiocarbonyl (C=S) groups is 1. The second kappa shape index (κ2) is 10.2. The molecule has 2 saturated heterocycles. The van der Waals surface area contributed by atoms with Gasteiger partial charge >= 0.3 is 0 Å². The van der Waals surface area contributed by atoms with E-state index in [1.165, 1.54) is 5.56 Å². The number of piperidine rings is 1. The van der Waals surface area contributed by atoms with Crippen molar-refractivity contribution in [1.82, 2.24) is 4.90 Å². The Hall–Kier alpha value is -0.753. The molecule has 32 heavy (non-hydrogen) atoms. The van der Waals surface area contributed by atoms with Gasteiger partial charge < -0.3 is 14.1 Å². The predicted octanol–water partition coefficient (Wildman–Crippen LogP) is 7.87. The van der Waals surface area contributed by atoms with Crippen LogP contribution in [0.3, 0.4) is 0 Å². The maximum absolute atomic E-state index is 6.80. The van der Waals surface area contributed by atoms with E-state index in [4.69, 9.17) is 21.4 Å². The van der Waals surface area contributed by atoms with Crippen LogP contribution in [0.1, 0.15) is 92.7 Å². The van der Waals surface area contributed by atoms with Gasteiger partial charge in [-0.3, -0.25) is 0 Å². The fourth-order valence-corrected chi connectivity index (χ4v) is 12.8. The van der Waals surface area contributed by atoms with Crippen molar-refractivity contribution in [3.05, 3.63) is 35.9 Å². The lowest BCUT2D eigenvalue weighted by molar-refractivity contribution is -0.0861. The summed E-state index contributed by atoms with van der Waals surface area (Å²) in [6.07, 6.45) is 4.44. The van der Waals surface area contributed by atoms with Gasteiger partial charge in [0.05, 0.1) is 11.0 Å². The fraction of sp³-hybridized carbons (Fsp3) is 0.741. The second-order valence-electron chi connectivity index (χ2n) is 11.1. The highest BCUT2D eigenvalue weighted by molar-refractivity contribution is 7.80. The zero-order chi connectivity index (χ0) is 23.7. The van der Waals surface area contributed by atoms with Gasteiger partial charge in [0, 0.05) is 12.5 Å². The first kappa shape index (κ1) is 25.9. The minimum absolute atomic E-state index is 0.0796. The van der Waals surface area contributed by atoms with Crippen molar-refractivity contribution in [3.63, 3.8) is 0 Å². The SMILES string of the molecule is CC(C)[Si](OCCCC1CC[C@@]2(C)O[C@H](c3ccccc3)[C@H](C)N2C1=S)(C(C)C)C(C)C. The Labute approximate surface area is 203 Å². The molecule has 5 heteroatoms. The molecule has 0 radical (unpaired) electrons. The van der Waals surface area contributed by atoms with Gasteiger partial charge in [-0.05, 0) is 61.7 Å². The molecule has 180 valence electrons. The summed E-state index contributed by atoms with van der Waals surface area (Å²) in [7, 11) is -1.79. The summed E-state index contributed by atoms with van der Waals surface area (Å²) in [4.78, 5) is 3.52. The Morgan fingerprint density at radius 1 is 1.09 bits per heavy atom. The van der Waals surface area contributed by atoms with Crippen LogP contribution in [0.15, 0.2) is 30.3 Å². The highest BCUT2D eigenvalue weighted by Gasteiger charge is 2.53. The average molecular weight is 476 g/mol. The molecule has 0 amide bonds. The van der Waals surface area contributed by atoms with E-state index in [1.54, 1.807) is 0 Å². The molecule has 0 aliphatic carbocycles. The van der Waals surface area contributed by atoms with E-state index in [-0.39, 0.29) is 17.9 Å². The van der Waals surface area contributed by atoms with Gasteiger partial charge in [-0.25, -0.2) is 0 Å². The number of fused-ring (bicyclic) bond motifs is 1. The molecule has 2 aliphatic rings. The lowest BCUT2D eigenvalue weighted by atomic mass is 9.87. The van der Waals surface area contributed by atoms with E-state index >= 15 is 0 Å². The number of benzene rings is 1. The standard InChI is InChI=1S/C27H45NO2SSi/c1-19(2)32(20(3)4,21(5)6)29-18-12-15-24-16-17-27(8)28(26(24)31)22(7)25(30-27)23-13-10-9-11-14-23/h9-11,13-14,19-22,24-25H,12,15-18H2,1-8H3/t22-,24?,25-,27+/m0/s1. The predicted molar refractivity (Wildman–Crippen MR) is 142 cm³/mol. The normalized spacial score (nSPS) is 28.8. The van der Waals surface area contributed by atoms with E-state index in [2.05, 4.69) is 90.6 Å². The van der Waals surface area contributed by atoms with Crippen molar-refractivity contribution in [2.75, 3.05) is 6.61 Å². The molecule has 3 rings (SSSR count). The van der Waals surface area contributed by atoms with Crippen molar-refractivity contribution in [2.24, 2.45) is 5.92 Å². The average Bonchev–Trinajstić information content (AvgIpc) is 3.01. The molecule has 0 N–H and O–H groups in total. The first-order valence-electron chi connectivity index (χ1n) is 12.7. The summed E-state index contributed by atoms with van der Waals surface area (Å²) in [5.74, 6) is 0.454. The van der Waals surface area contributed by atoms with E-state index in [1.807, 2.05) is 0 Å². The molecule has 1 unspecified atom stereocenters. The minimum atomic E-state index is -1.79. The van der Waals surface area contributed by atoms with Gasteiger partial charge in [-0.2, -0.15) is 0 Å². The third kappa shape index (κ3) is 4.73. The zero-order valence-corrected chi connectivity index (χ0v) is 23.4. The maximum atomic E-state index is 6.80. The molecule has 3 nitrogen and oxygen atoms in total. The highest BCUT2D eigenvalue weighted by Crippen LogP contribution is 2.48. The van der Waals surface area contributed by atoms with Crippen molar-refractivity contribution >= 4 is 25.5 Å². The Kier molecular flexibility index (Phi) is 8.28. The number of rotatable bonds is 9. The third-order valence-electron chi connectivity index (χ3n) is 8.16. The van der Waals surface area contributed by atoms with Crippen molar-refractivity contribution < 1.29 is 9.16 Å². The molecule has 4 atom stereocenters. The van der Waals surface area contributed by atoms with Crippen LogP contribution in [0.5, 0.6) is 0 Å². The largest absolute Gasteiger partial charge is 0.416 e. The molecule has 2 fully saturated rings. The van der Waals surface area contributed by atoms with Crippen LogP contribution in [0.2, 0.25) is 16.6 Å². The van der Waals surface area contributed by atoms with Crippen LogP contribution in [0.4, 0.5) is 0 Å². The van der Waals surface area contributed by atoms with E-state index in [0.717, 1.165) is 37.3 Å². The number of nitrogens with zero attached hydrogens (tertiary/aromatic N) is 1. The molecule has 2 aliphatic heterocycles. The molecule has 0 saturated carbocycles. The van der Waals surface area contributed by atoms with E-state index in [9.17, 15) is 0 Å². The topological polar surface area (TPSA) is 21.7 Å². The Bertz CT molecular complexity index is 746. The number of hydrogen-bond acceptors (Lipinski definition) is 3. The summed E-state index contributed by atoms with van der Waals surface area (Å²) >= 11 is 6.08. The van der Waals surface area contributed by atoms with Crippen LogP contribution in [0, 0.1) is 5.92 Å². The molecule has 0 bridgehead atoms. The molecule has 0 spiro atoms.